The van der Waals surface area contributed by atoms with Crippen LogP contribution in [0.4, 0.5) is 41.1 Å². The standard InChI is InChI=1S/C21H19F3N6O3/c1-32-16-6-3-14(4-7-16)29-11-13-9-26-19(27-12-21(22,23)24)28-18(13)30(20(29)31)15-5-8-17(33-2)25-10-15/h3-10H,11-12H2,1-2H3,(H,26,27,28). The third-order valence-electron chi connectivity index (χ3n) is 4.82. The van der Waals surface area contributed by atoms with Gasteiger partial charge in [0.25, 0.3) is 0 Å². The lowest BCUT2D eigenvalue weighted by molar-refractivity contribution is -0.115. The molecule has 33 heavy (non-hydrogen) atoms. The number of anilines is 4. The number of benzene rings is 1. The maximum Gasteiger partial charge on any atom is 0.405 e. The Kier molecular flexibility index (Phi) is 5.90. The molecular weight excluding hydrogens is 441 g/mol. The molecule has 0 bridgehead atoms. The van der Waals surface area contributed by atoms with E-state index in [9.17, 15) is 18.0 Å². The summed E-state index contributed by atoms with van der Waals surface area (Å²) in [5, 5.41) is 2.15. The molecule has 172 valence electrons. The molecule has 1 aliphatic heterocycles. The molecule has 0 saturated carbocycles. The predicted octanol–water partition coefficient (Wildman–Crippen LogP) is 4.14. The first-order valence-corrected chi connectivity index (χ1v) is 9.71. The van der Waals surface area contributed by atoms with Crippen molar-refractivity contribution >= 4 is 29.2 Å². The number of hydrogen-bond donors (Lipinski definition) is 1. The van der Waals surface area contributed by atoms with Crippen LogP contribution in [0.3, 0.4) is 0 Å². The Morgan fingerprint density at radius 1 is 1.00 bits per heavy atom. The van der Waals surface area contributed by atoms with Gasteiger partial charge < -0.3 is 14.8 Å². The van der Waals surface area contributed by atoms with E-state index in [1.54, 1.807) is 36.4 Å². The molecule has 3 heterocycles. The number of nitrogens with one attached hydrogen (secondary N) is 1. The first-order chi connectivity index (χ1) is 15.8. The zero-order chi connectivity index (χ0) is 23.6. The second-order valence-corrected chi connectivity index (χ2v) is 6.97. The van der Waals surface area contributed by atoms with E-state index in [1.807, 2.05) is 0 Å². The van der Waals surface area contributed by atoms with Crippen LogP contribution in [0.2, 0.25) is 0 Å². The zero-order valence-electron chi connectivity index (χ0n) is 17.6. The van der Waals surface area contributed by atoms with Gasteiger partial charge in [-0.1, -0.05) is 0 Å². The minimum absolute atomic E-state index is 0.125. The van der Waals surface area contributed by atoms with Crippen molar-refractivity contribution in [1.82, 2.24) is 15.0 Å². The number of ether oxygens (including phenoxy) is 2. The minimum Gasteiger partial charge on any atom is -0.497 e. The Morgan fingerprint density at radius 3 is 2.33 bits per heavy atom. The number of rotatable bonds is 6. The summed E-state index contributed by atoms with van der Waals surface area (Å²) < 4.78 is 48.1. The lowest BCUT2D eigenvalue weighted by Gasteiger charge is -2.36. The van der Waals surface area contributed by atoms with Crippen LogP contribution in [-0.4, -0.2) is 47.9 Å². The van der Waals surface area contributed by atoms with Crippen LogP contribution in [-0.2, 0) is 6.54 Å². The topological polar surface area (TPSA) is 92.7 Å². The van der Waals surface area contributed by atoms with Gasteiger partial charge in [-0.3, -0.25) is 4.90 Å². The number of alkyl halides is 3. The summed E-state index contributed by atoms with van der Waals surface area (Å²) in [5.74, 6) is 0.883. The number of carbonyl (C=O) groups excluding carboxylic acids is 1. The first-order valence-electron chi connectivity index (χ1n) is 9.71. The second-order valence-electron chi connectivity index (χ2n) is 6.97. The maximum atomic E-state index is 13.5. The van der Waals surface area contributed by atoms with Gasteiger partial charge in [-0.05, 0) is 30.3 Å². The highest BCUT2D eigenvalue weighted by molar-refractivity contribution is 6.10. The Labute approximate surface area is 186 Å². The molecule has 1 aromatic carbocycles. The van der Waals surface area contributed by atoms with Crippen molar-refractivity contribution in [2.24, 2.45) is 0 Å². The van der Waals surface area contributed by atoms with Crippen molar-refractivity contribution in [3.63, 3.8) is 0 Å². The number of halogens is 3. The Hall–Kier alpha value is -4.09. The van der Waals surface area contributed by atoms with Crippen LogP contribution in [0.1, 0.15) is 5.56 Å². The SMILES string of the molecule is COc1ccc(N2Cc3cnc(NCC(F)(F)F)nc3N(c3ccc(OC)nc3)C2=O)cc1. The average molecular weight is 460 g/mol. The van der Waals surface area contributed by atoms with Gasteiger partial charge in [-0.2, -0.15) is 18.2 Å². The molecule has 0 fully saturated rings. The van der Waals surface area contributed by atoms with E-state index in [0.29, 0.717) is 28.6 Å². The molecule has 2 aromatic heterocycles. The summed E-state index contributed by atoms with van der Waals surface area (Å²) in [7, 11) is 3.00. The van der Waals surface area contributed by atoms with E-state index in [2.05, 4.69) is 20.3 Å². The number of pyridine rings is 1. The van der Waals surface area contributed by atoms with Crippen LogP contribution in [0, 0.1) is 0 Å². The van der Waals surface area contributed by atoms with E-state index in [1.165, 1.54) is 36.4 Å². The summed E-state index contributed by atoms with van der Waals surface area (Å²) in [6.45, 7) is -1.18. The van der Waals surface area contributed by atoms with Crippen LogP contribution < -0.4 is 24.6 Å². The van der Waals surface area contributed by atoms with Gasteiger partial charge in [0, 0.05) is 23.5 Å². The van der Waals surface area contributed by atoms with Crippen LogP contribution >= 0.6 is 0 Å². The van der Waals surface area contributed by atoms with E-state index in [0.717, 1.165) is 0 Å². The third-order valence-corrected chi connectivity index (χ3v) is 4.82. The van der Waals surface area contributed by atoms with Gasteiger partial charge in [0.15, 0.2) is 5.82 Å². The van der Waals surface area contributed by atoms with Gasteiger partial charge >= 0.3 is 12.2 Å². The highest BCUT2D eigenvalue weighted by Crippen LogP contribution is 2.36. The van der Waals surface area contributed by atoms with Crippen molar-refractivity contribution in [3.05, 3.63) is 54.4 Å². The minimum atomic E-state index is -4.44. The molecule has 0 radical (unpaired) electrons. The average Bonchev–Trinajstić information content (AvgIpc) is 2.82. The molecule has 1 aliphatic rings. The number of methoxy groups -OCH3 is 2. The zero-order valence-corrected chi connectivity index (χ0v) is 17.6. The molecule has 0 aliphatic carbocycles. The Bertz CT molecular complexity index is 1140. The number of fused-ring (bicyclic) bond motifs is 1. The number of aromatic nitrogens is 3. The molecule has 0 spiro atoms. The molecule has 0 atom stereocenters. The molecule has 1 N–H and O–H groups in total. The van der Waals surface area contributed by atoms with Crippen molar-refractivity contribution in [2.45, 2.75) is 12.7 Å². The molecule has 9 nitrogen and oxygen atoms in total. The van der Waals surface area contributed by atoms with Crippen molar-refractivity contribution < 1.29 is 27.4 Å². The molecule has 0 unspecified atom stereocenters. The van der Waals surface area contributed by atoms with Gasteiger partial charge in [-0.25, -0.2) is 19.7 Å². The molecular formula is C21H19F3N6O3. The summed E-state index contributed by atoms with van der Waals surface area (Å²) in [5.41, 5.74) is 1.50. The lowest BCUT2D eigenvalue weighted by Crippen LogP contribution is -2.45. The number of carbonyl (C=O) groups is 1. The first kappa shape index (κ1) is 22.1. The smallest absolute Gasteiger partial charge is 0.405 e. The summed E-state index contributed by atoms with van der Waals surface area (Å²) in [6.07, 6.45) is -1.63. The number of nitrogens with zero attached hydrogens (tertiary/aromatic N) is 5. The third kappa shape index (κ3) is 4.73. The van der Waals surface area contributed by atoms with E-state index >= 15 is 0 Å². The van der Waals surface area contributed by atoms with E-state index in [-0.39, 0.29) is 18.3 Å². The molecule has 0 saturated heterocycles. The summed E-state index contributed by atoms with van der Waals surface area (Å²) in [4.78, 5) is 28.6. The summed E-state index contributed by atoms with van der Waals surface area (Å²) >= 11 is 0. The van der Waals surface area contributed by atoms with Crippen molar-refractivity contribution in [1.29, 1.82) is 0 Å². The van der Waals surface area contributed by atoms with Crippen LogP contribution in [0.5, 0.6) is 11.6 Å². The van der Waals surface area contributed by atoms with Gasteiger partial charge in [0.05, 0.1) is 32.6 Å². The van der Waals surface area contributed by atoms with E-state index < -0.39 is 18.8 Å². The predicted molar refractivity (Wildman–Crippen MR) is 114 cm³/mol. The van der Waals surface area contributed by atoms with Crippen molar-refractivity contribution in [3.8, 4) is 11.6 Å². The molecule has 12 heteroatoms. The normalized spacial score (nSPS) is 13.5. The fourth-order valence-corrected chi connectivity index (χ4v) is 3.24. The summed E-state index contributed by atoms with van der Waals surface area (Å²) in [6, 6.07) is 9.61. The fraction of sp³-hybridized carbons (Fsp3) is 0.238. The quantitative estimate of drug-likeness (QED) is 0.591. The number of amides is 2. The van der Waals surface area contributed by atoms with Gasteiger partial charge in [0.1, 0.15) is 12.3 Å². The molecule has 3 aromatic rings. The van der Waals surface area contributed by atoms with Gasteiger partial charge in [0.2, 0.25) is 11.8 Å². The Morgan fingerprint density at radius 2 is 1.73 bits per heavy atom. The largest absolute Gasteiger partial charge is 0.497 e. The number of urea groups is 1. The highest BCUT2D eigenvalue weighted by atomic mass is 19.4. The van der Waals surface area contributed by atoms with Crippen LogP contribution in [0.15, 0.2) is 48.8 Å². The molecule has 4 rings (SSSR count). The molecule has 2 amide bonds. The van der Waals surface area contributed by atoms with E-state index in [4.69, 9.17) is 9.47 Å². The van der Waals surface area contributed by atoms with Crippen molar-refractivity contribution in [2.75, 3.05) is 35.9 Å². The highest BCUT2D eigenvalue weighted by Gasteiger charge is 2.35. The maximum absolute atomic E-state index is 13.5. The van der Waals surface area contributed by atoms with Crippen LogP contribution in [0.25, 0.3) is 0 Å². The fourth-order valence-electron chi connectivity index (χ4n) is 3.24. The van der Waals surface area contributed by atoms with Gasteiger partial charge in [-0.15, -0.1) is 0 Å². The lowest BCUT2D eigenvalue weighted by atomic mass is 10.1. The monoisotopic (exact) mass is 460 g/mol. The number of hydrogen-bond acceptors (Lipinski definition) is 7. The Balaban J connectivity index is 1.75. The second kappa shape index (κ2) is 8.81.